The number of rotatable bonds is 8. The second-order valence-corrected chi connectivity index (χ2v) is 10.7. The first-order valence-corrected chi connectivity index (χ1v) is 13.0. The Balaban J connectivity index is 1.90. The molecule has 2 heterocycles. The molecule has 0 spiro atoms. The Hall–Kier alpha value is -4.77. The van der Waals surface area contributed by atoms with E-state index in [0.29, 0.717) is 0 Å². The molecule has 0 aliphatic heterocycles. The molecular weight excluding hydrogens is 552 g/mol. The number of nitrogens with one attached hydrogen (secondary N) is 2. The van der Waals surface area contributed by atoms with E-state index in [1.807, 2.05) is 0 Å². The second-order valence-electron chi connectivity index (χ2n) is 7.39. The number of benzene rings is 2. The van der Waals surface area contributed by atoms with Crippen molar-refractivity contribution in [2.45, 2.75) is 9.79 Å². The van der Waals surface area contributed by atoms with E-state index in [-0.39, 0.29) is 33.4 Å². The maximum absolute atomic E-state index is 13.3. The van der Waals surface area contributed by atoms with E-state index in [1.165, 1.54) is 35.8 Å². The lowest BCUT2D eigenvalue weighted by Crippen LogP contribution is -2.28. The van der Waals surface area contributed by atoms with Gasteiger partial charge in [-0.05, 0) is 36.4 Å². The highest BCUT2D eigenvalue weighted by atomic mass is 32.2. The van der Waals surface area contributed by atoms with Crippen LogP contribution in [-0.2, 0) is 20.0 Å². The van der Waals surface area contributed by atoms with Gasteiger partial charge in [0.2, 0.25) is 0 Å². The van der Waals surface area contributed by atoms with Crippen molar-refractivity contribution in [2.24, 2.45) is 0 Å². The standard InChI is InChI=1S/C21H16N2O13S2/c1-33-11-3-5-15(37(29,30)22-20(25)26)9-7-13(35-18(9)11)17(24)14-8-10-16(38(31,32)23-21(27)28)6-4-12(34-2)19(10)36-14/h3-8,22-23H,1-2H3,(H,25,26)(H,27,28). The van der Waals surface area contributed by atoms with Gasteiger partial charge in [-0.3, -0.25) is 4.79 Å². The van der Waals surface area contributed by atoms with Crippen LogP contribution in [0, 0.1) is 0 Å². The van der Waals surface area contributed by atoms with Crippen molar-refractivity contribution in [3.05, 3.63) is 47.9 Å². The highest BCUT2D eigenvalue weighted by Crippen LogP contribution is 2.37. The molecule has 0 atom stereocenters. The van der Waals surface area contributed by atoms with Crippen LogP contribution in [0.2, 0.25) is 0 Å². The zero-order valence-electron chi connectivity index (χ0n) is 19.2. The third kappa shape index (κ3) is 4.55. The third-order valence-electron chi connectivity index (χ3n) is 5.12. The summed E-state index contributed by atoms with van der Waals surface area (Å²) >= 11 is 0. The summed E-state index contributed by atoms with van der Waals surface area (Å²) in [6.07, 6.45) is -3.68. The maximum Gasteiger partial charge on any atom is 0.418 e. The number of hydrogen-bond acceptors (Lipinski definition) is 11. The van der Waals surface area contributed by atoms with E-state index in [0.717, 1.165) is 24.3 Å². The number of fused-ring (bicyclic) bond motifs is 2. The summed E-state index contributed by atoms with van der Waals surface area (Å²) in [6.45, 7) is 0. The summed E-state index contributed by atoms with van der Waals surface area (Å²) in [5.41, 5.74) is -0.404. The van der Waals surface area contributed by atoms with Crippen molar-refractivity contribution >= 4 is 60.0 Å². The summed E-state index contributed by atoms with van der Waals surface area (Å²) in [5, 5.41) is 17.4. The summed E-state index contributed by atoms with van der Waals surface area (Å²) in [6, 6.07) is 6.52. The van der Waals surface area contributed by atoms with E-state index in [1.54, 1.807) is 0 Å². The maximum atomic E-state index is 13.3. The lowest BCUT2D eigenvalue weighted by Gasteiger charge is -2.06. The molecule has 2 aromatic heterocycles. The fraction of sp³-hybridized carbons (Fsp3) is 0.0952. The van der Waals surface area contributed by atoms with Crippen LogP contribution in [0.25, 0.3) is 21.9 Å². The van der Waals surface area contributed by atoms with Crippen LogP contribution in [0.15, 0.2) is 55.0 Å². The molecule has 4 rings (SSSR count). The van der Waals surface area contributed by atoms with Gasteiger partial charge >= 0.3 is 12.2 Å². The highest BCUT2D eigenvalue weighted by molar-refractivity contribution is 7.90. The summed E-state index contributed by atoms with van der Waals surface area (Å²) < 4.78 is 74.1. The van der Waals surface area contributed by atoms with Crippen LogP contribution in [0.4, 0.5) is 9.59 Å². The van der Waals surface area contributed by atoms with Gasteiger partial charge in [0.1, 0.15) is 0 Å². The molecular formula is C21H16N2O13S2. The number of carbonyl (C=O) groups is 3. The third-order valence-corrected chi connectivity index (χ3v) is 7.88. The minimum atomic E-state index is -4.59. The van der Waals surface area contributed by atoms with Crippen molar-refractivity contribution < 1.29 is 59.7 Å². The normalized spacial score (nSPS) is 11.8. The molecule has 4 N–H and O–H groups in total. The molecule has 0 radical (unpaired) electrons. The van der Waals surface area contributed by atoms with Gasteiger partial charge in [-0.1, -0.05) is 0 Å². The molecule has 4 aromatic rings. The molecule has 38 heavy (non-hydrogen) atoms. The van der Waals surface area contributed by atoms with Crippen LogP contribution in [-0.4, -0.2) is 59.2 Å². The Bertz CT molecular complexity index is 1720. The Labute approximate surface area is 212 Å². The fourth-order valence-corrected chi connectivity index (χ4v) is 5.68. The predicted octanol–water partition coefficient (Wildman–Crippen LogP) is 2.34. The molecule has 2 aromatic carbocycles. The molecule has 200 valence electrons. The SMILES string of the molecule is COc1ccc(S(=O)(=O)NC(=O)O)c2cc(C(=O)c3cc4c(S(=O)(=O)NC(=O)O)ccc(OC)c4o3)oc12. The van der Waals surface area contributed by atoms with Crippen LogP contribution in [0.1, 0.15) is 16.3 Å². The number of furan rings is 2. The molecule has 17 heteroatoms. The van der Waals surface area contributed by atoms with Crippen molar-refractivity contribution in [3.8, 4) is 11.5 Å². The van der Waals surface area contributed by atoms with Crippen molar-refractivity contribution in [1.82, 2.24) is 9.44 Å². The van der Waals surface area contributed by atoms with Crippen LogP contribution in [0.3, 0.4) is 0 Å². The Kier molecular flexibility index (Phi) is 6.42. The number of hydrogen-bond donors (Lipinski definition) is 4. The topological polar surface area (TPSA) is 229 Å². The lowest BCUT2D eigenvalue weighted by atomic mass is 10.2. The molecule has 15 nitrogen and oxygen atoms in total. The monoisotopic (exact) mass is 568 g/mol. The van der Waals surface area contributed by atoms with Gasteiger partial charge in [0, 0.05) is 10.8 Å². The summed E-state index contributed by atoms with van der Waals surface area (Å²) in [4.78, 5) is 34.1. The first-order valence-electron chi connectivity index (χ1n) is 10.1. The number of methoxy groups -OCH3 is 2. The average molecular weight is 568 g/mol. The first-order chi connectivity index (χ1) is 17.8. The minimum Gasteiger partial charge on any atom is -0.493 e. The van der Waals surface area contributed by atoms with Crippen LogP contribution < -0.4 is 18.9 Å². The number of carboxylic acid groups (broad SMARTS) is 2. The number of amides is 2. The van der Waals surface area contributed by atoms with E-state index in [2.05, 4.69) is 0 Å². The Morgan fingerprint density at radius 2 is 1.08 bits per heavy atom. The zero-order chi connectivity index (χ0) is 28.0. The summed E-state index contributed by atoms with van der Waals surface area (Å²) in [5.74, 6) is -1.87. The quantitative estimate of drug-likeness (QED) is 0.224. The Morgan fingerprint density at radius 3 is 1.39 bits per heavy atom. The van der Waals surface area contributed by atoms with E-state index < -0.39 is 59.3 Å². The molecule has 0 bridgehead atoms. The van der Waals surface area contributed by atoms with Gasteiger partial charge < -0.3 is 28.5 Å². The first kappa shape index (κ1) is 26.3. The number of ketones is 1. The molecule has 0 aliphatic carbocycles. The van der Waals surface area contributed by atoms with E-state index >= 15 is 0 Å². The second kappa shape index (κ2) is 9.27. The van der Waals surface area contributed by atoms with Gasteiger partial charge in [0.25, 0.3) is 25.8 Å². The molecule has 0 unspecified atom stereocenters. The van der Waals surface area contributed by atoms with Gasteiger partial charge in [0.05, 0.1) is 24.0 Å². The van der Waals surface area contributed by atoms with Crippen LogP contribution >= 0.6 is 0 Å². The largest absolute Gasteiger partial charge is 0.493 e. The number of carbonyl (C=O) groups excluding carboxylic acids is 1. The molecule has 0 saturated heterocycles. The van der Waals surface area contributed by atoms with Gasteiger partial charge in [0.15, 0.2) is 34.2 Å². The van der Waals surface area contributed by atoms with Crippen molar-refractivity contribution in [2.75, 3.05) is 14.2 Å². The highest BCUT2D eigenvalue weighted by Gasteiger charge is 2.29. The zero-order valence-corrected chi connectivity index (χ0v) is 20.8. The van der Waals surface area contributed by atoms with Gasteiger partial charge in [-0.15, -0.1) is 0 Å². The van der Waals surface area contributed by atoms with Crippen LogP contribution in [0.5, 0.6) is 11.5 Å². The molecule has 0 aliphatic rings. The Morgan fingerprint density at radius 1 is 0.711 bits per heavy atom. The van der Waals surface area contributed by atoms with Gasteiger partial charge in [-0.25, -0.2) is 35.9 Å². The predicted molar refractivity (Wildman–Crippen MR) is 126 cm³/mol. The average Bonchev–Trinajstić information content (AvgIpc) is 3.45. The smallest absolute Gasteiger partial charge is 0.418 e. The summed E-state index contributed by atoms with van der Waals surface area (Å²) in [7, 11) is -6.67. The van der Waals surface area contributed by atoms with Crippen molar-refractivity contribution in [3.63, 3.8) is 0 Å². The van der Waals surface area contributed by atoms with E-state index in [4.69, 9.17) is 28.5 Å². The molecule has 0 saturated carbocycles. The van der Waals surface area contributed by atoms with E-state index in [9.17, 15) is 31.2 Å². The van der Waals surface area contributed by atoms with Crippen molar-refractivity contribution in [1.29, 1.82) is 0 Å². The number of sulfonamides is 2. The molecule has 2 amide bonds. The molecule has 0 fully saturated rings. The van der Waals surface area contributed by atoms with Gasteiger partial charge in [-0.2, -0.15) is 0 Å². The fourth-order valence-electron chi connectivity index (χ4n) is 3.62. The minimum absolute atomic E-state index is 0.0210. The lowest BCUT2D eigenvalue weighted by molar-refractivity contribution is 0.0987. The number of ether oxygens (including phenoxy) is 2.